The van der Waals surface area contributed by atoms with Gasteiger partial charge < -0.3 is 15.2 Å². The van der Waals surface area contributed by atoms with Crippen LogP contribution in [-0.4, -0.2) is 29.2 Å². The second-order valence-electron chi connectivity index (χ2n) is 3.15. The molecule has 2 N–H and O–H groups in total. The molecule has 0 aromatic carbocycles. The van der Waals surface area contributed by atoms with Crippen LogP contribution < -0.4 is 10.1 Å². The van der Waals surface area contributed by atoms with Crippen LogP contribution in [-0.2, 0) is 4.79 Å². The molecule has 1 rings (SSSR count). The van der Waals surface area contributed by atoms with Crippen LogP contribution in [0.1, 0.15) is 6.42 Å². The third-order valence-corrected chi connectivity index (χ3v) is 1.99. The van der Waals surface area contributed by atoms with Crippen LogP contribution in [0.5, 0.6) is 5.88 Å². The number of rotatable bonds is 6. The van der Waals surface area contributed by atoms with Gasteiger partial charge >= 0.3 is 5.97 Å². The zero-order chi connectivity index (χ0) is 12.0. The minimum Gasteiger partial charge on any atom is -0.481 e. The Morgan fingerprint density at radius 1 is 1.81 bits per heavy atom. The Balaban J connectivity index is 2.76. The number of carboxylic acids is 1. The Bertz CT molecular complexity index is 379. The van der Waals surface area contributed by atoms with Gasteiger partial charge in [-0.05, 0) is 12.5 Å². The average molecular weight is 222 g/mol. The number of aliphatic carboxylic acids is 1. The van der Waals surface area contributed by atoms with Crippen molar-refractivity contribution in [2.75, 3.05) is 12.4 Å². The molecule has 0 saturated heterocycles. The summed E-state index contributed by atoms with van der Waals surface area (Å²) in [5.41, 5.74) is 0.654. The molecule has 1 unspecified atom stereocenters. The summed E-state index contributed by atoms with van der Waals surface area (Å²) in [6.07, 6.45) is 3.46. The largest absolute Gasteiger partial charge is 0.481 e. The second kappa shape index (κ2) is 5.75. The highest BCUT2D eigenvalue weighted by Gasteiger charge is 2.15. The molecular formula is C11H14N2O3. The molecule has 0 bridgehead atoms. The fourth-order valence-electron chi connectivity index (χ4n) is 1.20. The van der Waals surface area contributed by atoms with Crippen molar-refractivity contribution < 1.29 is 14.6 Å². The fraction of sp³-hybridized carbons (Fsp3) is 0.273. The number of nitrogens with one attached hydrogen (secondary N) is 1. The highest BCUT2D eigenvalue weighted by Crippen LogP contribution is 2.15. The molecule has 0 amide bonds. The predicted octanol–water partition coefficient (Wildman–Crippen LogP) is 1.53. The van der Waals surface area contributed by atoms with E-state index in [-0.39, 0.29) is 0 Å². The number of ether oxygens (including phenoxy) is 1. The molecule has 0 fully saturated rings. The van der Waals surface area contributed by atoms with Crippen molar-refractivity contribution in [1.82, 2.24) is 4.98 Å². The number of carboxylic acid groups (broad SMARTS) is 1. The van der Waals surface area contributed by atoms with Crippen molar-refractivity contribution >= 4 is 11.7 Å². The Labute approximate surface area is 93.8 Å². The van der Waals surface area contributed by atoms with E-state index in [0.717, 1.165) is 0 Å². The van der Waals surface area contributed by atoms with Crippen LogP contribution in [0.2, 0.25) is 0 Å². The maximum Gasteiger partial charge on any atom is 0.326 e. The normalized spacial score (nSPS) is 11.6. The number of hydrogen-bond acceptors (Lipinski definition) is 4. The van der Waals surface area contributed by atoms with Crippen LogP contribution in [0.4, 0.5) is 5.69 Å². The van der Waals surface area contributed by atoms with Gasteiger partial charge in [-0.3, -0.25) is 0 Å². The summed E-state index contributed by atoms with van der Waals surface area (Å²) in [6, 6.07) is 2.63. The second-order valence-corrected chi connectivity index (χ2v) is 3.15. The lowest BCUT2D eigenvalue weighted by atomic mass is 10.2. The van der Waals surface area contributed by atoms with E-state index >= 15 is 0 Å². The van der Waals surface area contributed by atoms with Crippen LogP contribution in [0.15, 0.2) is 31.0 Å². The summed E-state index contributed by atoms with van der Waals surface area (Å²) >= 11 is 0. The van der Waals surface area contributed by atoms with Crippen molar-refractivity contribution in [2.24, 2.45) is 0 Å². The first-order valence-corrected chi connectivity index (χ1v) is 4.77. The van der Waals surface area contributed by atoms with Crippen molar-refractivity contribution in [3.8, 4) is 5.88 Å². The van der Waals surface area contributed by atoms with Gasteiger partial charge in [-0.15, -0.1) is 6.58 Å². The van der Waals surface area contributed by atoms with Gasteiger partial charge in [0.05, 0.1) is 7.11 Å². The Kier molecular flexibility index (Phi) is 4.32. The first-order valence-electron chi connectivity index (χ1n) is 4.77. The molecule has 0 spiro atoms. The number of anilines is 1. The lowest BCUT2D eigenvalue weighted by molar-refractivity contribution is -0.137. The molecule has 0 aliphatic heterocycles. The minimum absolute atomic E-state index is 0.347. The van der Waals surface area contributed by atoms with Crippen molar-refractivity contribution in [2.45, 2.75) is 12.5 Å². The van der Waals surface area contributed by atoms with Crippen LogP contribution in [0.3, 0.4) is 0 Å². The molecule has 0 aliphatic carbocycles. The number of nitrogens with zero attached hydrogens (tertiary/aromatic N) is 1. The lowest BCUT2D eigenvalue weighted by Gasteiger charge is -2.14. The summed E-state index contributed by atoms with van der Waals surface area (Å²) in [5.74, 6) is -0.483. The van der Waals surface area contributed by atoms with Crippen LogP contribution in [0.25, 0.3) is 0 Å². The maximum atomic E-state index is 10.9. The van der Waals surface area contributed by atoms with Gasteiger partial charge in [0, 0.05) is 18.0 Å². The molecule has 1 aromatic heterocycles. The number of aromatic nitrogens is 1. The number of carbonyl (C=O) groups is 1. The summed E-state index contributed by atoms with van der Waals surface area (Å²) in [4.78, 5) is 14.8. The Hall–Kier alpha value is -2.04. The van der Waals surface area contributed by atoms with Gasteiger partial charge in [0.1, 0.15) is 6.04 Å². The molecule has 5 heteroatoms. The van der Waals surface area contributed by atoms with Crippen molar-refractivity contribution in [3.63, 3.8) is 0 Å². The van der Waals surface area contributed by atoms with Crippen molar-refractivity contribution in [3.05, 3.63) is 31.0 Å². The van der Waals surface area contributed by atoms with E-state index < -0.39 is 12.0 Å². The molecule has 1 heterocycles. The Morgan fingerprint density at radius 2 is 2.56 bits per heavy atom. The quantitative estimate of drug-likeness (QED) is 0.714. The van der Waals surface area contributed by atoms with E-state index in [1.165, 1.54) is 7.11 Å². The zero-order valence-electron chi connectivity index (χ0n) is 9.01. The monoisotopic (exact) mass is 222 g/mol. The molecule has 0 saturated carbocycles. The molecule has 5 nitrogen and oxygen atoms in total. The first kappa shape index (κ1) is 12.0. The number of methoxy groups -OCH3 is 1. The maximum absolute atomic E-state index is 10.9. The smallest absolute Gasteiger partial charge is 0.326 e. The van der Waals surface area contributed by atoms with Gasteiger partial charge in [0.2, 0.25) is 5.88 Å². The van der Waals surface area contributed by atoms with Crippen LogP contribution in [0, 0.1) is 0 Å². The van der Waals surface area contributed by atoms with Gasteiger partial charge in [0.25, 0.3) is 0 Å². The molecule has 1 atom stereocenters. The third kappa shape index (κ3) is 3.27. The average Bonchev–Trinajstić information content (AvgIpc) is 2.28. The zero-order valence-corrected chi connectivity index (χ0v) is 9.01. The summed E-state index contributed by atoms with van der Waals surface area (Å²) in [5, 5.41) is 11.8. The highest BCUT2D eigenvalue weighted by atomic mass is 16.5. The molecular weight excluding hydrogens is 208 g/mol. The highest BCUT2D eigenvalue weighted by molar-refractivity contribution is 5.77. The molecule has 0 aliphatic rings. The minimum atomic E-state index is -0.921. The Morgan fingerprint density at radius 3 is 3.12 bits per heavy atom. The van der Waals surface area contributed by atoms with E-state index in [9.17, 15) is 4.79 Å². The predicted molar refractivity (Wildman–Crippen MR) is 60.6 cm³/mol. The van der Waals surface area contributed by atoms with E-state index in [4.69, 9.17) is 9.84 Å². The number of pyridine rings is 1. The van der Waals surface area contributed by atoms with Crippen molar-refractivity contribution in [1.29, 1.82) is 0 Å². The fourth-order valence-corrected chi connectivity index (χ4v) is 1.20. The van der Waals surface area contributed by atoms with E-state index in [0.29, 0.717) is 18.0 Å². The summed E-state index contributed by atoms with van der Waals surface area (Å²) < 4.78 is 4.94. The lowest BCUT2D eigenvalue weighted by Crippen LogP contribution is -2.28. The SMILES string of the molecule is C=CCC(Nc1ccnc(OC)c1)C(=O)O. The summed E-state index contributed by atoms with van der Waals surface area (Å²) in [6.45, 7) is 3.52. The first-order chi connectivity index (χ1) is 7.67. The molecule has 86 valence electrons. The van der Waals surface area contributed by atoms with Gasteiger partial charge in [-0.25, -0.2) is 9.78 Å². The van der Waals surface area contributed by atoms with Crippen LogP contribution >= 0.6 is 0 Å². The third-order valence-electron chi connectivity index (χ3n) is 1.99. The standard InChI is InChI=1S/C11H14N2O3/c1-3-4-9(11(14)15)13-8-5-6-12-10(7-8)16-2/h3,5-7,9H,1,4H2,2H3,(H,12,13)(H,14,15). The van der Waals surface area contributed by atoms with E-state index in [1.807, 2.05) is 0 Å². The van der Waals surface area contributed by atoms with E-state index in [2.05, 4.69) is 16.9 Å². The van der Waals surface area contributed by atoms with Gasteiger partial charge in [0.15, 0.2) is 0 Å². The summed E-state index contributed by atoms with van der Waals surface area (Å²) in [7, 11) is 1.50. The molecule has 0 radical (unpaired) electrons. The van der Waals surface area contributed by atoms with Gasteiger partial charge in [-0.1, -0.05) is 6.08 Å². The van der Waals surface area contributed by atoms with E-state index in [1.54, 1.807) is 24.4 Å². The van der Waals surface area contributed by atoms with Gasteiger partial charge in [-0.2, -0.15) is 0 Å². The molecule has 16 heavy (non-hydrogen) atoms. The number of hydrogen-bond donors (Lipinski definition) is 2. The topological polar surface area (TPSA) is 71.5 Å². The molecule has 1 aromatic rings.